The molecule has 6 heteroatoms. The molecule has 0 aromatic carbocycles. The van der Waals surface area contributed by atoms with Gasteiger partial charge in [0.2, 0.25) is 0 Å². The molecular weight excluding hydrogens is 274 g/mol. The van der Waals surface area contributed by atoms with Crippen LogP contribution < -0.4 is 4.90 Å². The number of piperazine rings is 1. The fraction of sp³-hybridized carbons (Fsp3) is 0.714. The summed E-state index contributed by atoms with van der Waals surface area (Å²) in [4.78, 5) is 15.6. The second-order valence-corrected chi connectivity index (χ2v) is 5.81. The molecular formula is C14H24ClN5. The third kappa shape index (κ3) is 3.81. The number of hydrogen-bond donors (Lipinski definition) is 0. The largest absolute Gasteiger partial charge is 0.354 e. The van der Waals surface area contributed by atoms with Crippen molar-refractivity contribution in [2.45, 2.75) is 13.3 Å². The highest BCUT2D eigenvalue weighted by Gasteiger charge is 2.21. The fourth-order valence-electron chi connectivity index (χ4n) is 2.48. The van der Waals surface area contributed by atoms with Crippen molar-refractivity contribution in [1.82, 2.24) is 19.8 Å². The van der Waals surface area contributed by atoms with Gasteiger partial charge in [-0.2, -0.15) is 0 Å². The molecule has 0 bridgehead atoms. The summed E-state index contributed by atoms with van der Waals surface area (Å²) in [5, 5.41) is 0.590. The van der Waals surface area contributed by atoms with E-state index in [9.17, 15) is 0 Å². The molecule has 1 fully saturated rings. The van der Waals surface area contributed by atoms with Gasteiger partial charge in [-0.1, -0.05) is 18.5 Å². The fourth-order valence-corrected chi connectivity index (χ4v) is 2.75. The predicted octanol–water partition coefficient (Wildman–Crippen LogP) is 1.38. The third-order valence-corrected chi connectivity index (χ3v) is 4.08. The molecule has 0 unspecified atom stereocenters. The lowest BCUT2D eigenvalue weighted by Gasteiger charge is -2.36. The van der Waals surface area contributed by atoms with Gasteiger partial charge in [0.1, 0.15) is 17.3 Å². The minimum absolute atomic E-state index is 0.590. The molecule has 1 aromatic heterocycles. The molecule has 0 saturated carbocycles. The highest BCUT2D eigenvalue weighted by Crippen LogP contribution is 2.24. The van der Waals surface area contributed by atoms with E-state index >= 15 is 0 Å². The van der Waals surface area contributed by atoms with Crippen LogP contribution in [0.3, 0.4) is 0 Å². The minimum atomic E-state index is 0.590. The average molecular weight is 298 g/mol. The molecule has 2 heterocycles. The van der Waals surface area contributed by atoms with E-state index in [0.29, 0.717) is 5.15 Å². The van der Waals surface area contributed by atoms with Gasteiger partial charge in [0.05, 0.1) is 0 Å². The Kier molecular flexibility index (Phi) is 5.57. The quantitative estimate of drug-likeness (QED) is 0.767. The molecule has 0 atom stereocenters. The Morgan fingerprint density at radius 2 is 1.90 bits per heavy atom. The molecule has 0 spiro atoms. The molecule has 0 aliphatic carbocycles. The number of aromatic nitrogens is 2. The highest BCUT2D eigenvalue weighted by molar-refractivity contribution is 6.30. The lowest BCUT2D eigenvalue weighted by molar-refractivity contribution is 0.229. The summed E-state index contributed by atoms with van der Waals surface area (Å²) in [5.74, 6) is 1.01. The number of nitrogens with zero attached hydrogens (tertiary/aromatic N) is 5. The number of anilines is 1. The molecule has 1 aliphatic rings. The van der Waals surface area contributed by atoms with Gasteiger partial charge in [0.15, 0.2) is 0 Å². The number of hydrogen-bond acceptors (Lipinski definition) is 5. The summed E-state index contributed by atoms with van der Waals surface area (Å²) < 4.78 is 0. The summed E-state index contributed by atoms with van der Waals surface area (Å²) in [5.41, 5.74) is 1.07. The van der Waals surface area contributed by atoms with Crippen LogP contribution in [0.2, 0.25) is 5.15 Å². The Hall–Kier alpha value is -0.910. The van der Waals surface area contributed by atoms with Gasteiger partial charge in [0.25, 0.3) is 0 Å². The first-order valence-corrected chi connectivity index (χ1v) is 7.61. The minimum Gasteiger partial charge on any atom is -0.354 e. The Morgan fingerprint density at radius 1 is 1.20 bits per heavy atom. The van der Waals surface area contributed by atoms with Crippen molar-refractivity contribution in [3.8, 4) is 0 Å². The van der Waals surface area contributed by atoms with E-state index in [1.165, 1.54) is 0 Å². The SMILES string of the molecule is CCc1c(Cl)ncnc1N1CCN(CCN(C)C)CC1. The van der Waals surface area contributed by atoms with E-state index in [1.807, 2.05) is 0 Å². The van der Waals surface area contributed by atoms with E-state index in [-0.39, 0.29) is 0 Å². The Balaban J connectivity index is 1.95. The van der Waals surface area contributed by atoms with Crippen LogP contribution in [0.1, 0.15) is 12.5 Å². The zero-order valence-corrected chi connectivity index (χ0v) is 13.4. The molecule has 0 radical (unpaired) electrons. The lowest BCUT2D eigenvalue weighted by atomic mass is 10.2. The van der Waals surface area contributed by atoms with E-state index in [0.717, 1.165) is 57.1 Å². The third-order valence-electron chi connectivity index (χ3n) is 3.76. The van der Waals surface area contributed by atoms with E-state index in [2.05, 4.69) is 45.7 Å². The summed E-state index contributed by atoms with van der Waals surface area (Å²) >= 11 is 6.17. The monoisotopic (exact) mass is 297 g/mol. The van der Waals surface area contributed by atoms with Crippen molar-refractivity contribution in [3.05, 3.63) is 17.0 Å². The van der Waals surface area contributed by atoms with Gasteiger partial charge >= 0.3 is 0 Å². The van der Waals surface area contributed by atoms with E-state index in [1.54, 1.807) is 6.33 Å². The average Bonchev–Trinajstić information content (AvgIpc) is 2.45. The molecule has 0 amide bonds. The van der Waals surface area contributed by atoms with Crippen molar-refractivity contribution < 1.29 is 0 Å². The zero-order valence-electron chi connectivity index (χ0n) is 12.6. The summed E-state index contributed by atoms with van der Waals surface area (Å²) in [6.07, 6.45) is 2.44. The van der Waals surface area contributed by atoms with Crippen LogP contribution in [-0.4, -0.2) is 73.1 Å². The first-order valence-electron chi connectivity index (χ1n) is 7.23. The summed E-state index contributed by atoms with van der Waals surface area (Å²) in [7, 11) is 4.24. The van der Waals surface area contributed by atoms with Crippen LogP contribution >= 0.6 is 11.6 Å². The molecule has 2 rings (SSSR count). The van der Waals surface area contributed by atoms with Crippen LogP contribution in [0.25, 0.3) is 0 Å². The molecule has 0 N–H and O–H groups in total. The van der Waals surface area contributed by atoms with Crippen molar-refractivity contribution >= 4 is 17.4 Å². The maximum atomic E-state index is 6.17. The molecule has 1 saturated heterocycles. The van der Waals surface area contributed by atoms with Gasteiger partial charge in [-0.3, -0.25) is 4.90 Å². The van der Waals surface area contributed by atoms with Crippen LogP contribution in [0, 0.1) is 0 Å². The van der Waals surface area contributed by atoms with Crippen LogP contribution in [0.15, 0.2) is 6.33 Å². The number of halogens is 1. The van der Waals surface area contributed by atoms with Crippen LogP contribution in [0.4, 0.5) is 5.82 Å². The van der Waals surface area contributed by atoms with Gasteiger partial charge in [-0.25, -0.2) is 9.97 Å². The van der Waals surface area contributed by atoms with E-state index < -0.39 is 0 Å². The maximum absolute atomic E-state index is 6.17. The standard InChI is InChI=1S/C14H24ClN5/c1-4-12-13(15)16-11-17-14(12)20-9-7-19(8-10-20)6-5-18(2)3/h11H,4-10H2,1-3H3. The molecule has 1 aliphatic heterocycles. The first kappa shape index (κ1) is 15.5. The lowest BCUT2D eigenvalue weighted by Crippen LogP contribution is -2.48. The molecule has 20 heavy (non-hydrogen) atoms. The normalized spacial score (nSPS) is 16.9. The number of likely N-dealkylation sites (N-methyl/N-ethyl adjacent to an activating group) is 1. The summed E-state index contributed by atoms with van der Waals surface area (Å²) in [6.45, 7) is 8.52. The highest BCUT2D eigenvalue weighted by atomic mass is 35.5. The van der Waals surface area contributed by atoms with Crippen LogP contribution in [-0.2, 0) is 6.42 Å². The van der Waals surface area contributed by atoms with Gasteiger partial charge in [0, 0.05) is 44.8 Å². The Morgan fingerprint density at radius 3 is 2.50 bits per heavy atom. The number of rotatable bonds is 5. The van der Waals surface area contributed by atoms with Crippen molar-refractivity contribution in [2.75, 3.05) is 58.3 Å². The Labute approximate surface area is 126 Å². The van der Waals surface area contributed by atoms with E-state index in [4.69, 9.17) is 11.6 Å². The topological polar surface area (TPSA) is 35.5 Å². The second kappa shape index (κ2) is 7.20. The van der Waals surface area contributed by atoms with Crippen molar-refractivity contribution in [2.24, 2.45) is 0 Å². The Bertz CT molecular complexity index is 430. The first-order chi connectivity index (χ1) is 9.61. The second-order valence-electron chi connectivity index (χ2n) is 5.45. The predicted molar refractivity (Wildman–Crippen MR) is 83.6 cm³/mol. The molecule has 112 valence electrons. The summed E-state index contributed by atoms with van der Waals surface area (Å²) in [6, 6.07) is 0. The van der Waals surface area contributed by atoms with Gasteiger partial charge in [-0.15, -0.1) is 0 Å². The molecule has 1 aromatic rings. The zero-order chi connectivity index (χ0) is 14.5. The molecule has 5 nitrogen and oxygen atoms in total. The van der Waals surface area contributed by atoms with Crippen molar-refractivity contribution in [3.63, 3.8) is 0 Å². The maximum Gasteiger partial charge on any atom is 0.137 e. The van der Waals surface area contributed by atoms with Crippen molar-refractivity contribution in [1.29, 1.82) is 0 Å². The van der Waals surface area contributed by atoms with Crippen LogP contribution in [0.5, 0.6) is 0 Å². The van der Waals surface area contributed by atoms with Gasteiger partial charge < -0.3 is 9.80 Å². The van der Waals surface area contributed by atoms with Gasteiger partial charge in [-0.05, 0) is 20.5 Å². The smallest absolute Gasteiger partial charge is 0.137 e.